The Hall–Kier alpha value is -1.10. The number of aliphatic hydroxyl groups excluding tert-OH is 1. The highest BCUT2D eigenvalue weighted by Crippen LogP contribution is 2.10. The number of cyclic esters (lactones) is 1. The SMILES string of the molecule is CCCCCCC[C@@H](O)CC(=O)N[C@H]1CCOC1=O. The lowest BCUT2D eigenvalue weighted by molar-refractivity contribution is -0.141. The van der Waals surface area contributed by atoms with Gasteiger partial charge >= 0.3 is 5.97 Å². The molecule has 0 radical (unpaired) electrons. The predicted molar refractivity (Wildman–Crippen MR) is 71.5 cm³/mol. The van der Waals surface area contributed by atoms with E-state index in [1.807, 2.05) is 0 Å². The number of aliphatic hydroxyl groups is 1. The highest BCUT2D eigenvalue weighted by Gasteiger charge is 2.28. The van der Waals surface area contributed by atoms with Gasteiger partial charge in [-0.25, -0.2) is 4.79 Å². The van der Waals surface area contributed by atoms with Gasteiger partial charge in [0.15, 0.2) is 0 Å². The summed E-state index contributed by atoms with van der Waals surface area (Å²) in [5, 5.41) is 12.3. The highest BCUT2D eigenvalue weighted by molar-refractivity contribution is 5.85. The number of hydrogen-bond acceptors (Lipinski definition) is 4. The lowest BCUT2D eigenvalue weighted by atomic mass is 10.1. The second kappa shape index (κ2) is 8.91. The largest absolute Gasteiger partial charge is 0.464 e. The minimum atomic E-state index is -0.612. The Morgan fingerprint density at radius 2 is 2.16 bits per heavy atom. The fourth-order valence-electron chi connectivity index (χ4n) is 2.18. The Morgan fingerprint density at radius 3 is 2.79 bits per heavy atom. The Balaban J connectivity index is 2.08. The monoisotopic (exact) mass is 271 g/mol. The van der Waals surface area contributed by atoms with E-state index in [2.05, 4.69) is 12.2 Å². The summed E-state index contributed by atoms with van der Waals surface area (Å²) in [6.45, 7) is 2.52. The summed E-state index contributed by atoms with van der Waals surface area (Å²) >= 11 is 0. The summed E-state index contributed by atoms with van der Waals surface area (Å²) in [6.07, 6.45) is 6.27. The van der Waals surface area contributed by atoms with Crippen molar-refractivity contribution in [1.82, 2.24) is 5.32 Å². The van der Waals surface area contributed by atoms with E-state index in [-0.39, 0.29) is 18.3 Å². The van der Waals surface area contributed by atoms with Crippen molar-refractivity contribution in [3.05, 3.63) is 0 Å². The van der Waals surface area contributed by atoms with Gasteiger partial charge in [-0.05, 0) is 6.42 Å². The molecule has 1 heterocycles. The fraction of sp³-hybridized carbons (Fsp3) is 0.857. The molecule has 1 amide bonds. The maximum Gasteiger partial charge on any atom is 0.328 e. The number of rotatable bonds is 9. The van der Waals surface area contributed by atoms with Crippen molar-refractivity contribution in [2.24, 2.45) is 0 Å². The Morgan fingerprint density at radius 1 is 1.42 bits per heavy atom. The molecule has 0 aromatic heterocycles. The van der Waals surface area contributed by atoms with E-state index in [1.54, 1.807) is 0 Å². The molecule has 1 aliphatic rings. The number of nitrogens with one attached hydrogen (secondary N) is 1. The molecule has 1 aliphatic heterocycles. The average molecular weight is 271 g/mol. The molecule has 19 heavy (non-hydrogen) atoms. The smallest absolute Gasteiger partial charge is 0.328 e. The summed E-state index contributed by atoms with van der Waals surface area (Å²) in [7, 11) is 0. The minimum Gasteiger partial charge on any atom is -0.464 e. The summed E-state index contributed by atoms with van der Waals surface area (Å²) in [5.74, 6) is -0.646. The second-order valence-corrected chi connectivity index (χ2v) is 5.14. The first-order chi connectivity index (χ1) is 9.13. The first-order valence-corrected chi connectivity index (χ1v) is 7.27. The van der Waals surface area contributed by atoms with Crippen LogP contribution in [0.4, 0.5) is 0 Å². The molecular weight excluding hydrogens is 246 g/mol. The summed E-state index contributed by atoms with van der Waals surface area (Å²) in [4.78, 5) is 22.8. The number of esters is 1. The third-order valence-corrected chi connectivity index (χ3v) is 3.33. The molecule has 2 N–H and O–H groups in total. The molecule has 1 rings (SSSR count). The van der Waals surface area contributed by atoms with Gasteiger partial charge < -0.3 is 15.2 Å². The van der Waals surface area contributed by atoms with E-state index in [0.29, 0.717) is 19.4 Å². The summed E-state index contributed by atoms with van der Waals surface area (Å²) in [5.41, 5.74) is 0. The maximum atomic E-state index is 11.6. The van der Waals surface area contributed by atoms with Gasteiger partial charge in [0.05, 0.1) is 19.1 Å². The van der Waals surface area contributed by atoms with Crippen LogP contribution in [0.25, 0.3) is 0 Å². The van der Waals surface area contributed by atoms with Gasteiger partial charge in [0, 0.05) is 6.42 Å². The molecule has 0 unspecified atom stereocenters. The molecule has 0 spiro atoms. The maximum absolute atomic E-state index is 11.6. The lowest BCUT2D eigenvalue weighted by Crippen LogP contribution is -2.39. The number of carbonyl (C=O) groups excluding carboxylic acids is 2. The third-order valence-electron chi connectivity index (χ3n) is 3.33. The van der Waals surface area contributed by atoms with Crippen LogP contribution in [0.2, 0.25) is 0 Å². The van der Waals surface area contributed by atoms with Crippen molar-refractivity contribution >= 4 is 11.9 Å². The summed E-state index contributed by atoms with van der Waals surface area (Å²) < 4.78 is 4.76. The molecular formula is C14H25NO4. The normalized spacial score (nSPS) is 20.1. The molecule has 5 heteroatoms. The van der Waals surface area contributed by atoms with Crippen LogP contribution >= 0.6 is 0 Å². The number of hydrogen-bond donors (Lipinski definition) is 2. The lowest BCUT2D eigenvalue weighted by Gasteiger charge is -2.12. The van der Waals surface area contributed by atoms with Crippen LogP contribution in [0.15, 0.2) is 0 Å². The van der Waals surface area contributed by atoms with Crippen LogP contribution < -0.4 is 5.32 Å². The molecule has 1 fully saturated rings. The number of unbranched alkanes of at least 4 members (excludes halogenated alkanes) is 4. The van der Waals surface area contributed by atoms with Crippen molar-refractivity contribution in [2.75, 3.05) is 6.61 Å². The molecule has 0 aliphatic carbocycles. The second-order valence-electron chi connectivity index (χ2n) is 5.14. The van der Waals surface area contributed by atoms with Gasteiger partial charge in [-0.15, -0.1) is 0 Å². The van der Waals surface area contributed by atoms with Crippen LogP contribution in [-0.2, 0) is 14.3 Å². The van der Waals surface area contributed by atoms with Crippen LogP contribution in [0.5, 0.6) is 0 Å². The highest BCUT2D eigenvalue weighted by atomic mass is 16.5. The zero-order chi connectivity index (χ0) is 14.1. The molecule has 1 saturated heterocycles. The topological polar surface area (TPSA) is 75.6 Å². The van der Waals surface area contributed by atoms with Crippen molar-refractivity contribution in [3.8, 4) is 0 Å². The predicted octanol–water partition coefficient (Wildman–Crippen LogP) is 1.53. The van der Waals surface area contributed by atoms with Gasteiger partial charge in [-0.2, -0.15) is 0 Å². The quantitative estimate of drug-likeness (QED) is 0.492. The molecule has 0 aromatic rings. The van der Waals surface area contributed by atoms with Crippen LogP contribution in [-0.4, -0.2) is 35.7 Å². The number of amides is 1. The van der Waals surface area contributed by atoms with Crippen molar-refractivity contribution < 1.29 is 19.4 Å². The first-order valence-electron chi connectivity index (χ1n) is 7.27. The number of ether oxygens (including phenoxy) is 1. The minimum absolute atomic E-state index is 0.0670. The molecule has 0 aromatic carbocycles. The van der Waals surface area contributed by atoms with E-state index >= 15 is 0 Å². The van der Waals surface area contributed by atoms with Crippen LogP contribution in [0.1, 0.15) is 58.3 Å². The molecule has 0 saturated carbocycles. The van der Waals surface area contributed by atoms with Gasteiger partial charge in [-0.1, -0.05) is 39.0 Å². The van der Waals surface area contributed by atoms with Crippen molar-refractivity contribution in [1.29, 1.82) is 0 Å². The molecule has 0 bridgehead atoms. The van der Waals surface area contributed by atoms with Gasteiger partial charge in [0.2, 0.25) is 5.91 Å². The number of carbonyl (C=O) groups is 2. The Kier molecular flexibility index (Phi) is 7.48. The van der Waals surface area contributed by atoms with Gasteiger partial charge in [-0.3, -0.25) is 4.79 Å². The zero-order valence-electron chi connectivity index (χ0n) is 11.7. The third kappa shape index (κ3) is 6.57. The molecule has 110 valence electrons. The van der Waals surface area contributed by atoms with E-state index in [0.717, 1.165) is 12.8 Å². The van der Waals surface area contributed by atoms with Gasteiger partial charge in [0.25, 0.3) is 0 Å². The van der Waals surface area contributed by atoms with Crippen LogP contribution in [0.3, 0.4) is 0 Å². The fourth-order valence-corrected chi connectivity index (χ4v) is 2.18. The zero-order valence-corrected chi connectivity index (χ0v) is 11.7. The molecule has 2 atom stereocenters. The average Bonchev–Trinajstić information content (AvgIpc) is 2.74. The first kappa shape index (κ1) is 16.0. The standard InChI is InChI=1S/C14H25NO4/c1-2-3-4-5-6-7-11(16)10-13(17)15-12-8-9-19-14(12)18/h11-12,16H,2-10H2,1H3,(H,15,17)/t11-,12+/m1/s1. The van der Waals surface area contributed by atoms with Crippen molar-refractivity contribution in [2.45, 2.75) is 70.4 Å². The van der Waals surface area contributed by atoms with E-state index < -0.39 is 12.1 Å². The van der Waals surface area contributed by atoms with E-state index in [9.17, 15) is 14.7 Å². The van der Waals surface area contributed by atoms with Gasteiger partial charge in [0.1, 0.15) is 6.04 Å². The Bertz CT molecular complexity index is 293. The van der Waals surface area contributed by atoms with E-state index in [4.69, 9.17) is 4.74 Å². The Labute approximate surface area is 114 Å². The van der Waals surface area contributed by atoms with Crippen LogP contribution in [0, 0.1) is 0 Å². The van der Waals surface area contributed by atoms with Crippen molar-refractivity contribution in [3.63, 3.8) is 0 Å². The summed E-state index contributed by atoms with van der Waals surface area (Å²) in [6, 6.07) is -0.524. The molecule has 5 nitrogen and oxygen atoms in total. The van der Waals surface area contributed by atoms with E-state index in [1.165, 1.54) is 19.3 Å².